The van der Waals surface area contributed by atoms with Crippen LogP contribution in [-0.4, -0.2) is 22.1 Å². The molecule has 156 valence electrons. The highest BCUT2D eigenvalue weighted by molar-refractivity contribution is 7.88. The lowest BCUT2D eigenvalue weighted by atomic mass is 9.88. The molecule has 0 aliphatic carbocycles. The molecule has 1 aliphatic rings. The second-order valence-electron chi connectivity index (χ2n) is 7.07. The predicted octanol–water partition coefficient (Wildman–Crippen LogP) is 4.03. The zero-order valence-electron chi connectivity index (χ0n) is 16.8. The van der Waals surface area contributed by atoms with Crippen molar-refractivity contribution in [2.24, 2.45) is 5.14 Å². The van der Waals surface area contributed by atoms with Gasteiger partial charge in [-0.05, 0) is 42.3 Å². The number of hydrogen-bond acceptors (Lipinski definition) is 5. The van der Waals surface area contributed by atoms with E-state index in [2.05, 4.69) is 0 Å². The molecule has 1 unspecified atom stereocenters. The Kier molecular flexibility index (Phi) is 5.40. The smallest absolute Gasteiger partial charge is 0.213 e. The van der Waals surface area contributed by atoms with E-state index in [1.54, 1.807) is 13.2 Å². The van der Waals surface area contributed by atoms with Crippen molar-refractivity contribution < 1.29 is 22.6 Å². The molecule has 0 amide bonds. The SMILES string of the molecule is CCOc1cccc2c1-c1ccc(CS(N)(=O)=O)cc1C(c1cccc(OC)c1)O2. The molecule has 3 aromatic rings. The zero-order valence-corrected chi connectivity index (χ0v) is 17.6. The fourth-order valence-electron chi connectivity index (χ4n) is 3.77. The second-order valence-corrected chi connectivity index (χ2v) is 8.68. The van der Waals surface area contributed by atoms with Gasteiger partial charge in [0, 0.05) is 11.1 Å². The van der Waals surface area contributed by atoms with Gasteiger partial charge < -0.3 is 14.2 Å². The van der Waals surface area contributed by atoms with Crippen LogP contribution in [0.1, 0.15) is 29.7 Å². The van der Waals surface area contributed by atoms with Crippen molar-refractivity contribution in [3.05, 3.63) is 77.4 Å². The Bertz CT molecular complexity index is 1190. The minimum absolute atomic E-state index is 0.245. The van der Waals surface area contributed by atoms with Gasteiger partial charge in [0.15, 0.2) is 0 Å². The maximum Gasteiger partial charge on any atom is 0.213 e. The van der Waals surface area contributed by atoms with Gasteiger partial charge in [0.05, 0.1) is 25.0 Å². The van der Waals surface area contributed by atoms with Crippen LogP contribution in [0.3, 0.4) is 0 Å². The third-order valence-electron chi connectivity index (χ3n) is 4.96. The van der Waals surface area contributed by atoms with Crippen molar-refractivity contribution in [2.45, 2.75) is 18.8 Å². The van der Waals surface area contributed by atoms with Crippen LogP contribution in [0, 0.1) is 0 Å². The summed E-state index contributed by atoms with van der Waals surface area (Å²) in [4.78, 5) is 0. The van der Waals surface area contributed by atoms with Crippen molar-refractivity contribution in [1.29, 1.82) is 0 Å². The summed E-state index contributed by atoms with van der Waals surface area (Å²) in [6.45, 7) is 2.45. The number of rotatable bonds is 6. The largest absolute Gasteiger partial charge is 0.497 e. The van der Waals surface area contributed by atoms with Gasteiger partial charge in [-0.25, -0.2) is 13.6 Å². The number of ether oxygens (including phenoxy) is 3. The van der Waals surface area contributed by atoms with E-state index in [1.165, 1.54) is 0 Å². The summed E-state index contributed by atoms with van der Waals surface area (Å²) in [5.41, 5.74) is 4.15. The van der Waals surface area contributed by atoms with Gasteiger partial charge in [0.1, 0.15) is 23.4 Å². The molecular weight excluding hydrogens is 402 g/mol. The number of nitrogens with two attached hydrogens (primary N) is 1. The third kappa shape index (κ3) is 3.99. The van der Waals surface area contributed by atoms with Crippen molar-refractivity contribution in [3.8, 4) is 28.4 Å². The van der Waals surface area contributed by atoms with Crippen molar-refractivity contribution in [2.75, 3.05) is 13.7 Å². The van der Waals surface area contributed by atoms with Crippen molar-refractivity contribution >= 4 is 10.0 Å². The molecule has 1 atom stereocenters. The number of methoxy groups -OCH3 is 1. The molecule has 0 aromatic heterocycles. The Morgan fingerprint density at radius 3 is 2.60 bits per heavy atom. The summed E-state index contributed by atoms with van der Waals surface area (Å²) in [6.07, 6.45) is -0.431. The van der Waals surface area contributed by atoms with Gasteiger partial charge >= 0.3 is 0 Å². The Balaban J connectivity index is 1.91. The van der Waals surface area contributed by atoms with Crippen LogP contribution in [0.15, 0.2) is 60.7 Å². The topological polar surface area (TPSA) is 87.9 Å². The molecule has 6 nitrogen and oxygen atoms in total. The van der Waals surface area contributed by atoms with E-state index in [9.17, 15) is 8.42 Å². The van der Waals surface area contributed by atoms with Crippen LogP contribution in [0.2, 0.25) is 0 Å². The van der Waals surface area contributed by atoms with E-state index in [-0.39, 0.29) is 5.75 Å². The molecule has 0 saturated heterocycles. The first-order chi connectivity index (χ1) is 14.4. The van der Waals surface area contributed by atoms with E-state index >= 15 is 0 Å². The molecule has 30 heavy (non-hydrogen) atoms. The van der Waals surface area contributed by atoms with Gasteiger partial charge in [-0.3, -0.25) is 0 Å². The lowest BCUT2D eigenvalue weighted by Crippen LogP contribution is -2.18. The Labute approximate surface area is 176 Å². The monoisotopic (exact) mass is 425 g/mol. The van der Waals surface area contributed by atoms with Crippen LogP contribution in [0.4, 0.5) is 0 Å². The average molecular weight is 426 g/mol. The number of benzene rings is 3. The molecule has 0 spiro atoms. The first kappa shape index (κ1) is 20.3. The lowest BCUT2D eigenvalue weighted by molar-refractivity contribution is 0.240. The quantitative estimate of drug-likeness (QED) is 0.644. The van der Waals surface area contributed by atoms with E-state index in [4.69, 9.17) is 19.3 Å². The molecule has 7 heteroatoms. The van der Waals surface area contributed by atoms with Crippen molar-refractivity contribution in [3.63, 3.8) is 0 Å². The standard InChI is InChI=1S/C23H23NO5S/c1-3-28-20-8-5-9-21-22(20)18-11-10-15(14-30(24,25)26)12-19(18)23(29-21)16-6-4-7-17(13-16)27-2/h4-13,23H,3,14H2,1-2H3,(H2,24,25,26). The highest BCUT2D eigenvalue weighted by Crippen LogP contribution is 2.49. The number of sulfonamides is 1. The molecule has 0 saturated carbocycles. The van der Waals surface area contributed by atoms with Gasteiger partial charge in [-0.1, -0.05) is 36.4 Å². The molecule has 0 radical (unpaired) electrons. The lowest BCUT2D eigenvalue weighted by Gasteiger charge is -2.31. The maximum absolute atomic E-state index is 11.7. The average Bonchev–Trinajstić information content (AvgIpc) is 2.72. The maximum atomic E-state index is 11.7. The highest BCUT2D eigenvalue weighted by Gasteiger charge is 2.30. The summed E-state index contributed by atoms with van der Waals surface area (Å²) < 4.78 is 40.9. The van der Waals surface area contributed by atoms with Crippen LogP contribution >= 0.6 is 0 Å². The summed E-state index contributed by atoms with van der Waals surface area (Å²) in [5.74, 6) is 1.90. The number of fused-ring (bicyclic) bond motifs is 3. The van der Waals surface area contributed by atoms with E-state index < -0.39 is 16.1 Å². The van der Waals surface area contributed by atoms with E-state index in [0.717, 1.165) is 28.0 Å². The summed E-state index contributed by atoms with van der Waals surface area (Å²) in [7, 11) is -2.05. The van der Waals surface area contributed by atoms with Crippen LogP contribution in [0.25, 0.3) is 11.1 Å². The Morgan fingerprint density at radius 2 is 1.87 bits per heavy atom. The first-order valence-corrected chi connectivity index (χ1v) is 11.3. The van der Waals surface area contributed by atoms with Gasteiger partial charge in [-0.2, -0.15) is 0 Å². The normalized spacial score (nSPS) is 15.0. The van der Waals surface area contributed by atoms with Gasteiger partial charge in [-0.15, -0.1) is 0 Å². The number of primary sulfonamides is 1. The molecule has 1 heterocycles. The zero-order chi connectivity index (χ0) is 21.3. The van der Waals surface area contributed by atoms with E-state index in [0.29, 0.717) is 23.7 Å². The van der Waals surface area contributed by atoms with Crippen molar-refractivity contribution in [1.82, 2.24) is 0 Å². The molecular formula is C23H23NO5S. The fourth-order valence-corrected chi connectivity index (χ4v) is 4.42. The molecule has 2 N–H and O–H groups in total. The van der Waals surface area contributed by atoms with Gasteiger partial charge in [0.2, 0.25) is 10.0 Å². The molecule has 1 aliphatic heterocycles. The number of hydrogen-bond donors (Lipinski definition) is 1. The Hall–Kier alpha value is -3.03. The fraction of sp³-hybridized carbons (Fsp3) is 0.217. The third-order valence-corrected chi connectivity index (χ3v) is 5.70. The highest BCUT2D eigenvalue weighted by atomic mass is 32.2. The summed E-state index contributed by atoms with van der Waals surface area (Å²) in [5, 5.41) is 5.27. The van der Waals surface area contributed by atoms with Crippen LogP contribution in [0.5, 0.6) is 17.2 Å². The van der Waals surface area contributed by atoms with Crippen LogP contribution in [-0.2, 0) is 15.8 Å². The van der Waals surface area contributed by atoms with Gasteiger partial charge in [0.25, 0.3) is 0 Å². The molecule has 0 fully saturated rings. The molecule has 0 bridgehead atoms. The Morgan fingerprint density at radius 1 is 1.07 bits per heavy atom. The predicted molar refractivity (Wildman–Crippen MR) is 115 cm³/mol. The summed E-state index contributed by atoms with van der Waals surface area (Å²) >= 11 is 0. The molecule has 4 rings (SSSR count). The first-order valence-electron chi connectivity index (χ1n) is 9.59. The van der Waals surface area contributed by atoms with Crippen LogP contribution < -0.4 is 19.3 Å². The van der Waals surface area contributed by atoms with E-state index in [1.807, 2.05) is 61.5 Å². The minimum atomic E-state index is -3.66. The second kappa shape index (κ2) is 8.01. The minimum Gasteiger partial charge on any atom is -0.497 e. The summed E-state index contributed by atoms with van der Waals surface area (Å²) in [6, 6.07) is 18.9. The molecule has 3 aromatic carbocycles.